The number of amides is 2. The highest BCUT2D eigenvalue weighted by Crippen LogP contribution is 2.20. The number of carbonyl (C=O) groups is 3. The second-order valence-corrected chi connectivity index (χ2v) is 5.78. The Morgan fingerprint density at radius 2 is 1.87 bits per heavy atom. The van der Waals surface area contributed by atoms with Crippen LogP contribution in [0.1, 0.15) is 44.7 Å². The van der Waals surface area contributed by atoms with Gasteiger partial charge >= 0.3 is 5.97 Å². The standard InChI is InChI=1S/C17H22N2O4/c1-11(17(22)19-14-8-9-14)23-16(21)10-15(18-12(2)20)13-6-4-3-5-7-13/h3-7,11,14-15H,8-10H2,1-2H3,(H,18,20)(H,19,22)/t11-,15+/m1/s1. The molecule has 0 bridgehead atoms. The minimum absolute atomic E-state index is 0.0232. The van der Waals surface area contributed by atoms with Gasteiger partial charge in [0.1, 0.15) is 0 Å². The van der Waals surface area contributed by atoms with Crippen molar-refractivity contribution in [2.24, 2.45) is 0 Å². The number of carbonyl (C=O) groups excluding carboxylic acids is 3. The predicted octanol–water partition coefficient (Wildman–Crippen LogP) is 1.46. The van der Waals surface area contributed by atoms with E-state index in [1.165, 1.54) is 6.92 Å². The van der Waals surface area contributed by atoms with Crippen LogP contribution in [0.3, 0.4) is 0 Å². The van der Waals surface area contributed by atoms with Crippen LogP contribution in [0.5, 0.6) is 0 Å². The molecule has 0 spiro atoms. The van der Waals surface area contributed by atoms with Gasteiger partial charge in [-0.3, -0.25) is 14.4 Å². The maximum absolute atomic E-state index is 12.1. The molecule has 2 N–H and O–H groups in total. The van der Waals surface area contributed by atoms with Gasteiger partial charge in [-0.05, 0) is 25.3 Å². The van der Waals surface area contributed by atoms with Crippen molar-refractivity contribution in [1.29, 1.82) is 0 Å². The van der Waals surface area contributed by atoms with E-state index < -0.39 is 18.1 Å². The fraction of sp³-hybridized carbons (Fsp3) is 0.471. The first-order chi connectivity index (χ1) is 11.0. The number of nitrogens with one attached hydrogen (secondary N) is 2. The average molecular weight is 318 g/mol. The number of rotatable bonds is 7. The third-order valence-corrected chi connectivity index (χ3v) is 3.55. The summed E-state index contributed by atoms with van der Waals surface area (Å²) in [6.45, 7) is 2.94. The lowest BCUT2D eigenvalue weighted by molar-refractivity contribution is -0.155. The topological polar surface area (TPSA) is 84.5 Å². The molecule has 23 heavy (non-hydrogen) atoms. The third-order valence-electron chi connectivity index (χ3n) is 3.55. The van der Waals surface area contributed by atoms with Gasteiger partial charge in [-0.15, -0.1) is 0 Å². The largest absolute Gasteiger partial charge is 0.452 e. The Balaban J connectivity index is 1.91. The predicted molar refractivity (Wildman–Crippen MR) is 84.3 cm³/mol. The van der Waals surface area contributed by atoms with Gasteiger partial charge in [0.05, 0.1) is 12.5 Å². The molecule has 124 valence electrons. The molecule has 0 heterocycles. The smallest absolute Gasteiger partial charge is 0.309 e. The quantitative estimate of drug-likeness (QED) is 0.746. The van der Waals surface area contributed by atoms with Crippen molar-refractivity contribution in [3.8, 4) is 0 Å². The first-order valence-corrected chi connectivity index (χ1v) is 7.77. The highest BCUT2D eigenvalue weighted by molar-refractivity contribution is 5.84. The first kappa shape index (κ1) is 17.0. The van der Waals surface area contributed by atoms with E-state index in [0.717, 1.165) is 18.4 Å². The Morgan fingerprint density at radius 3 is 2.43 bits per heavy atom. The molecule has 6 nitrogen and oxygen atoms in total. The van der Waals surface area contributed by atoms with Crippen LogP contribution in [0.25, 0.3) is 0 Å². The first-order valence-electron chi connectivity index (χ1n) is 7.77. The van der Waals surface area contributed by atoms with Crippen LogP contribution in [-0.2, 0) is 19.1 Å². The fourth-order valence-corrected chi connectivity index (χ4v) is 2.19. The highest BCUT2D eigenvalue weighted by atomic mass is 16.5. The molecule has 1 fully saturated rings. The van der Waals surface area contributed by atoms with Crippen LogP contribution >= 0.6 is 0 Å². The molecule has 0 aromatic heterocycles. The van der Waals surface area contributed by atoms with Gasteiger partial charge in [-0.25, -0.2) is 0 Å². The molecule has 2 amide bonds. The Labute approximate surface area is 135 Å². The van der Waals surface area contributed by atoms with E-state index in [0.29, 0.717) is 0 Å². The molecule has 1 aromatic rings. The maximum atomic E-state index is 12.1. The molecule has 1 aliphatic carbocycles. The summed E-state index contributed by atoms with van der Waals surface area (Å²) in [4.78, 5) is 35.2. The second-order valence-electron chi connectivity index (χ2n) is 5.78. The van der Waals surface area contributed by atoms with Crippen molar-refractivity contribution < 1.29 is 19.1 Å². The fourth-order valence-electron chi connectivity index (χ4n) is 2.19. The maximum Gasteiger partial charge on any atom is 0.309 e. The molecule has 0 unspecified atom stereocenters. The van der Waals surface area contributed by atoms with Crippen molar-refractivity contribution in [3.05, 3.63) is 35.9 Å². The summed E-state index contributed by atoms with van der Waals surface area (Å²) in [6.07, 6.45) is 1.09. The zero-order valence-corrected chi connectivity index (χ0v) is 13.4. The molecule has 0 aliphatic heterocycles. The van der Waals surface area contributed by atoms with E-state index >= 15 is 0 Å². The van der Waals surface area contributed by atoms with Crippen LogP contribution in [0.4, 0.5) is 0 Å². The summed E-state index contributed by atoms with van der Waals surface area (Å²) in [5, 5.41) is 5.52. The van der Waals surface area contributed by atoms with Gasteiger partial charge in [0, 0.05) is 13.0 Å². The van der Waals surface area contributed by atoms with Crippen LogP contribution in [0, 0.1) is 0 Å². The minimum atomic E-state index is -0.836. The molecule has 2 atom stereocenters. The van der Waals surface area contributed by atoms with Gasteiger partial charge in [0.25, 0.3) is 5.91 Å². The summed E-state index contributed by atoms with van der Waals surface area (Å²) in [5.41, 5.74) is 0.815. The number of ether oxygens (including phenoxy) is 1. The average Bonchev–Trinajstić information content (AvgIpc) is 3.30. The summed E-state index contributed by atoms with van der Waals surface area (Å²) in [5.74, 6) is -1.03. The molecule has 1 aliphatic rings. The van der Waals surface area contributed by atoms with Gasteiger partial charge in [-0.2, -0.15) is 0 Å². The van der Waals surface area contributed by atoms with Crippen molar-refractivity contribution in [3.63, 3.8) is 0 Å². The number of hydrogen-bond acceptors (Lipinski definition) is 4. The van der Waals surface area contributed by atoms with Crippen molar-refractivity contribution in [2.75, 3.05) is 0 Å². The lowest BCUT2D eigenvalue weighted by Gasteiger charge is -2.19. The van der Waals surface area contributed by atoms with E-state index in [2.05, 4.69) is 10.6 Å². The van der Waals surface area contributed by atoms with E-state index in [1.807, 2.05) is 30.3 Å². The molecular formula is C17H22N2O4. The molecule has 0 saturated heterocycles. The second kappa shape index (κ2) is 7.76. The number of esters is 1. The van der Waals surface area contributed by atoms with Crippen LogP contribution in [0.15, 0.2) is 30.3 Å². The van der Waals surface area contributed by atoms with E-state index in [9.17, 15) is 14.4 Å². The van der Waals surface area contributed by atoms with Crippen LogP contribution < -0.4 is 10.6 Å². The van der Waals surface area contributed by atoms with Gasteiger partial charge in [0.15, 0.2) is 6.10 Å². The Morgan fingerprint density at radius 1 is 1.22 bits per heavy atom. The molecule has 6 heteroatoms. The molecule has 1 aromatic carbocycles. The van der Waals surface area contributed by atoms with E-state index in [4.69, 9.17) is 4.74 Å². The zero-order valence-electron chi connectivity index (χ0n) is 13.4. The SMILES string of the molecule is CC(=O)N[C@@H](CC(=O)O[C@H](C)C(=O)NC1CC1)c1ccccc1. The van der Waals surface area contributed by atoms with E-state index in [-0.39, 0.29) is 24.3 Å². The number of hydrogen-bond donors (Lipinski definition) is 2. The Kier molecular flexibility index (Phi) is 5.73. The molecular weight excluding hydrogens is 296 g/mol. The van der Waals surface area contributed by atoms with Crippen LogP contribution in [-0.4, -0.2) is 29.9 Å². The van der Waals surface area contributed by atoms with Gasteiger partial charge < -0.3 is 15.4 Å². The summed E-state index contributed by atoms with van der Waals surface area (Å²) in [7, 11) is 0. The van der Waals surface area contributed by atoms with Crippen molar-refractivity contribution in [2.45, 2.75) is 51.3 Å². The minimum Gasteiger partial charge on any atom is -0.452 e. The normalized spacial score (nSPS) is 16.1. The monoisotopic (exact) mass is 318 g/mol. The van der Waals surface area contributed by atoms with Gasteiger partial charge in [0.2, 0.25) is 5.91 Å². The third kappa shape index (κ3) is 5.73. The lowest BCUT2D eigenvalue weighted by atomic mass is 10.0. The van der Waals surface area contributed by atoms with Crippen molar-refractivity contribution in [1.82, 2.24) is 10.6 Å². The molecule has 0 radical (unpaired) electrons. The summed E-state index contributed by atoms with van der Waals surface area (Å²) in [6, 6.07) is 8.94. The molecule has 2 rings (SSSR count). The van der Waals surface area contributed by atoms with Gasteiger partial charge in [-0.1, -0.05) is 30.3 Å². The van der Waals surface area contributed by atoms with Crippen LogP contribution in [0.2, 0.25) is 0 Å². The lowest BCUT2D eigenvalue weighted by Crippen LogP contribution is -2.37. The highest BCUT2D eigenvalue weighted by Gasteiger charge is 2.28. The van der Waals surface area contributed by atoms with E-state index in [1.54, 1.807) is 6.92 Å². The summed E-state index contributed by atoms with van der Waals surface area (Å²) < 4.78 is 5.17. The Bertz CT molecular complexity index is 569. The van der Waals surface area contributed by atoms with Crippen molar-refractivity contribution >= 4 is 17.8 Å². The zero-order chi connectivity index (χ0) is 16.8. The Hall–Kier alpha value is -2.37. The summed E-state index contributed by atoms with van der Waals surface area (Å²) >= 11 is 0. The molecule has 1 saturated carbocycles. The number of benzene rings is 1.